The molecule has 116 valence electrons. The van der Waals surface area contributed by atoms with Crippen LogP contribution in [0.2, 0.25) is 0 Å². The average molecular weight is 309 g/mol. The highest BCUT2D eigenvalue weighted by molar-refractivity contribution is 5.56. The summed E-state index contributed by atoms with van der Waals surface area (Å²) in [5.74, 6) is 0.499. The maximum Gasteiger partial charge on any atom is 0.244 e. The van der Waals surface area contributed by atoms with Gasteiger partial charge in [-0.25, -0.2) is 4.39 Å². The SMILES string of the molecule is Fc1ccccc1Nc1cnnc(NCCc2ccccc2)n1. The van der Waals surface area contributed by atoms with Crippen molar-refractivity contribution in [1.82, 2.24) is 15.2 Å². The predicted octanol–water partition coefficient (Wildman–Crippen LogP) is 3.41. The molecule has 6 heteroatoms. The van der Waals surface area contributed by atoms with Gasteiger partial charge in [0.05, 0.1) is 11.9 Å². The van der Waals surface area contributed by atoms with Crippen LogP contribution >= 0.6 is 0 Å². The van der Waals surface area contributed by atoms with Gasteiger partial charge in [-0.2, -0.15) is 10.1 Å². The van der Waals surface area contributed by atoms with Crippen molar-refractivity contribution in [3.63, 3.8) is 0 Å². The standard InChI is InChI=1S/C17H16FN5/c18-14-8-4-5-9-15(14)21-16-12-20-23-17(22-16)19-11-10-13-6-2-1-3-7-13/h1-9,12H,10-11H2,(H2,19,21,22,23). The van der Waals surface area contributed by atoms with E-state index in [-0.39, 0.29) is 5.82 Å². The zero-order chi connectivity index (χ0) is 15.9. The summed E-state index contributed by atoms with van der Waals surface area (Å²) in [5.41, 5.74) is 1.58. The predicted molar refractivity (Wildman–Crippen MR) is 88.1 cm³/mol. The van der Waals surface area contributed by atoms with Crippen LogP contribution in [-0.4, -0.2) is 21.7 Å². The molecule has 0 spiro atoms. The lowest BCUT2D eigenvalue weighted by atomic mass is 10.1. The van der Waals surface area contributed by atoms with Crippen LogP contribution in [0.15, 0.2) is 60.8 Å². The topological polar surface area (TPSA) is 62.7 Å². The Kier molecular flexibility index (Phi) is 4.73. The molecule has 0 aliphatic heterocycles. The van der Waals surface area contributed by atoms with E-state index in [0.717, 1.165) is 6.42 Å². The number of halogens is 1. The molecule has 1 aromatic heterocycles. The molecule has 23 heavy (non-hydrogen) atoms. The second kappa shape index (κ2) is 7.31. The van der Waals surface area contributed by atoms with E-state index >= 15 is 0 Å². The van der Waals surface area contributed by atoms with E-state index in [1.807, 2.05) is 18.2 Å². The Morgan fingerprint density at radius 3 is 2.57 bits per heavy atom. The molecule has 0 bridgehead atoms. The minimum atomic E-state index is -0.343. The maximum absolute atomic E-state index is 13.6. The Labute approximate surface area is 133 Å². The van der Waals surface area contributed by atoms with Crippen LogP contribution in [0.25, 0.3) is 0 Å². The molecule has 0 saturated heterocycles. The van der Waals surface area contributed by atoms with Crippen molar-refractivity contribution in [2.45, 2.75) is 6.42 Å². The second-order valence-corrected chi connectivity index (χ2v) is 4.93. The monoisotopic (exact) mass is 309 g/mol. The third kappa shape index (κ3) is 4.23. The lowest BCUT2D eigenvalue weighted by Crippen LogP contribution is -2.09. The van der Waals surface area contributed by atoms with Gasteiger partial charge >= 0.3 is 0 Å². The van der Waals surface area contributed by atoms with E-state index in [0.29, 0.717) is 24.0 Å². The summed E-state index contributed by atoms with van der Waals surface area (Å²) in [6.45, 7) is 0.689. The van der Waals surface area contributed by atoms with Crippen LogP contribution in [0.1, 0.15) is 5.56 Å². The number of hydrogen-bond acceptors (Lipinski definition) is 5. The largest absolute Gasteiger partial charge is 0.353 e. The summed E-state index contributed by atoms with van der Waals surface area (Å²) < 4.78 is 13.6. The maximum atomic E-state index is 13.6. The van der Waals surface area contributed by atoms with Crippen molar-refractivity contribution in [1.29, 1.82) is 0 Å². The third-order valence-electron chi connectivity index (χ3n) is 3.24. The molecule has 2 N–H and O–H groups in total. The molecule has 3 rings (SSSR count). The van der Waals surface area contributed by atoms with Gasteiger partial charge in [0.2, 0.25) is 5.95 Å². The average Bonchev–Trinajstić information content (AvgIpc) is 2.58. The van der Waals surface area contributed by atoms with Gasteiger partial charge in [0.25, 0.3) is 0 Å². The van der Waals surface area contributed by atoms with Crippen molar-refractivity contribution < 1.29 is 4.39 Å². The lowest BCUT2D eigenvalue weighted by Gasteiger charge is -2.08. The number of aromatic nitrogens is 3. The molecule has 0 aliphatic rings. The minimum Gasteiger partial charge on any atom is -0.353 e. The Morgan fingerprint density at radius 2 is 1.74 bits per heavy atom. The van der Waals surface area contributed by atoms with Crippen molar-refractivity contribution in [2.75, 3.05) is 17.2 Å². The molecule has 0 radical (unpaired) electrons. The number of hydrogen-bond donors (Lipinski definition) is 2. The van der Waals surface area contributed by atoms with Gasteiger partial charge in [0, 0.05) is 6.54 Å². The smallest absolute Gasteiger partial charge is 0.244 e. The quantitative estimate of drug-likeness (QED) is 0.730. The molecule has 0 atom stereocenters. The molecule has 5 nitrogen and oxygen atoms in total. The summed E-state index contributed by atoms with van der Waals surface area (Å²) in [6.07, 6.45) is 2.31. The fraction of sp³-hybridized carbons (Fsp3) is 0.118. The molecule has 0 aliphatic carbocycles. The first-order chi connectivity index (χ1) is 11.3. The molecule has 0 saturated carbocycles. The van der Waals surface area contributed by atoms with E-state index in [1.54, 1.807) is 18.2 Å². The summed E-state index contributed by atoms with van der Waals surface area (Å²) in [5, 5.41) is 13.8. The van der Waals surface area contributed by atoms with Gasteiger partial charge in [0.1, 0.15) is 5.82 Å². The molecular formula is C17H16FN5. The van der Waals surface area contributed by atoms with Crippen molar-refractivity contribution in [3.8, 4) is 0 Å². The van der Waals surface area contributed by atoms with Crippen LogP contribution in [-0.2, 0) is 6.42 Å². The molecule has 1 heterocycles. The summed E-state index contributed by atoms with van der Waals surface area (Å²) in [7, 11) is 0. The van der Waals surface area contributed by atoms with E-state index in [4.69, 9.17) is 0 Å². The number of anilines is 3. The van der Waals surface area contributed by atoms with Gasteiger partial charge in [-0.05, 0) is 24.1 Å². The first-order valence-corrected chi connectivity index (χ1v) is 7.30. The van der Waals surface area contributed by atoms with Crippen molar-refractivity contribution >= 4 is 17.5 Å². The fourth-order valence-electron chi connectivity index (χ4n) is 2.10. The van der Waals surface area contributed by atoms with Crippen molar-refractivity contribution in [3.05, 3.63) is 72.2 Å². The van der Waals surface area contributed by atoms with Crippen LogP contribution in [0.4, 0.5) is 21.8 Å². The zero-order valence-corrected chi connectivity index (χ0v) is 12.4. The van der Waals surface area contributed by atoms with Crippen LogP contribution in [0.3, 0.4) is 0 Å². The van der Waals surface area contributed by atoms with Crippen LogP contribution < -0.4 is 10.6 Å². The van der Waals surface area contributed by atoms with Gasteiger partial charge < -0.3 is 10.6 Å². The zero-order valence-electron chi connectivity index (χ0n) is 12.4. The van der Waals surface area contributed by atoms with E-state index in [9.17, 15) is 4.39 Å². The summed E-state index contributed by atoms with van der Waals surface area (Å²) in [6, 6.07) is 16.5. The first kappa shape index (κ1) is 14.9. The van der Waals surface area contributed by atoms with Crippen molar-refractivity contribution in [2.24, 2.45) is 0 Å². The Bertz CT molecular complexity index is 764. The molecule has 0 unspecified atom stereocenters. The van der Waals surface area contributed by atoms with Gasteiger partial charge in [0.15, 0.2) is 5.82 Å². The summed E-state index contributed by atoms with van der Waals surface area (Å²) >= 11 is 0. The highest BCUT2D eigenvalue weighted by Crippen LogP contribution is 2.17. The number of rotatable bonds is 6. The highest BCUT2D eigenvalue weighted by atomic mass is 19.1. The molecule has 2 aromatic carbocycles. The van der Waals surface area contributed by atoms with Crippen LogP contribution in [0.5, 0.6) is 0 Å². The Morgan fingerprint density at radius 1 is 0.957 bits per heavy atom. The first-order valence-electron chi connectivity index (χ1n) is 7.30. The van der Waals surface area contributed by atoms with E-state index < -0.39 is 0 Å². The molecule has 3 aromatic rings. The van der Waals surface area contributed by atoms with Gasteiger partial charge in [-0.1, -0.05) is 42.5 Å². The Balaban J connectivity index is 1.60. The molecule has 0 amide bonds. The molecule has 0 fully saturated rings. The fourth-order valence-corrected chi connectivity index (χ4v) is 2.10. The molecular weight excluding hydrogens is 293 g/mol. The highest BCUT2D eigenvalue weighted by Gasteiger charge is 2.04. The number of para-hydroxylation sites is 1. The number of nitrogens with zero attached hydrogens (tertiary/aromatic N) is 3. The number of nitrogens with one attached hydrogen (secondary N) is 2. The van der Waals surface area contributed by atoms with E-state index in [2.05, 4.69) is 37.9 Å². The second-order valence-electron chi connectivity index (χ2n) is 4.93. The van der Waals surface area contributed by atoms with E-state index in [1.165, 1.54) is 17.8 Å². The van der Waals surface area contributed by atoms with Gasteiger partial charge in [-0.3, -0.25) is 0 Å². The summed E-state index contributed by atoms with van der Waals surface area (Å²) in [4.78, 5) is 4.28. The lowest BCUT2D eigenvalue weighted by molar-refractivity contribution is 0.631. The van der Waals surface area contributed by atoms with Gasteiger partial charge in [-0.15, -0.1) is 5.10 Å². The Hall–Kier alpha value is -3.02. The normalized spacial score (nSPS) is 10.3. The number of benzene rings is 2. The van der Waals surface area contributed by atoms with Crippen LogP contribution in [0, 0.1) is 5.82 Å². The third-order valence-corrected chi connectivity index (χ3v) is 3.24. The minimum absolute atomic E-state index is 0.343.